The van der Waals surface area contributed by atoms with Crippen molar-refractivity contribution in [2.45, 2.75) is 65.0 Å². The number of nitrogens with zero attached hydrogens (tertiary/aromatic N) is 2. The molecule has 1 saturated heterocycles. The summed E-state index contributed by atoms with van der Waals surface area (Å²) in [6, 6.07) is 0.440. The summed E-state index contributed by atoms with van der Waals surface area (Å²) >= 11 is 0. The molecule has 0 spiro atoms. The van der Waals surface area contributed by atoms with Crippen LogP contribution in [0.3, 0.4) is 0 Å². The summed E-state index contributed by atoms with van der Waals surface area (Å²) in [6.45, 7) is 10.4. The van der Waals surface area contributed by atoms with Gasteiger partial charge in [0.15, 0.2) is 0 Å². The zero-order valence-electron chi connectivity index (χ0n) is 14.1. The molecule has 0 unspecified atom stereocenters. The Morgan fingerprint density at radius 2 is 1.67 bits per heavy atom. The largest absolute Gasteiger partial charge is 0.339 e. The molecule has 0 radical (unpaired) electrons. The zero-order valence-corrected chi connectivity index (χ0v) is 14.1. The van der Waals surface area contributed by atoms with Gasteiger partial charge in [-0.15, -0.1) is 0 Å². The van der Waals surface area contributed by atoms with Crippen molar-refractivity contribution < 1.29 is 4.79 Å². The normalized spacial score (nSPS) is 29.7. The lowest BCUT2D eigenvalue weighted by Crippen LogP contribution is -2.55. The molecular formula is C17H33N3O. The lowest BCUT2D eigenvalue weighted by molar-refractivity contribution is -0.135. The van der Waals surface area contributed by atoms with Gasteiger partial charge in [-0.2, -0.15) is 0 Å². The van der Waals surface area contributed by atoms with E-state index < -0.39 is 0 Å². The number of carbonyl (C=O) groups is 1. The Hall–Kier alpha value is -0.610. The lowest BCUT2D eigenvalue weighted by atomic mass is 9.86. The van der Waals surface area contributed by atoms with Crippen LogP contribution in [-0.2, 0) is 4.79 Å². The topological polar surface area (TPSA) is 49.6 Å². The van der Waals surface area contributed by atoms with Gasteiger partial charge in [0.2, 0.25) is 5.91 Å². The van der Waals surface area contributed by atoms with Gasteiger partial charge in [-0.25, -0.2) is 0 Å². The number of carbonyl (C=O) groups excluding carboxylic acids is 1. The van der Waals surface area contributed by atoms with Crippen LogP contribution in [0.5, 0.6) is 0 Å². The summed E-state index contributed by atoms with van der Waals surface area (Å²) in [4.78, 5) is 16.9. The van der Waals surface area contributed by atoms with Crippen molar-refractivity contribution in [1.29, 1.82) is 0 Å². The third kappa shape index (κ3) is 4.68. The Morgan fingerprint density at radius 3 is 2.19 bits per heavy atom. The third-order valence-electron chi connectivity index (χ3n) is 5.17. The van der Waals surface area contributed by atoms with Crippen molar-refractivity contribution in [2.24, 2.45) is 17.6 Å². The van der Waals surface area contributed by atoms with Crippen LogP contribution in [-0.4, -0.2) is 54.0 Å². The van der Waals surface area contributed by atoms with Crippen LogP contribution in [0.1, 0.15) is 52.9 Å². The fraction of sp³-hybridized carbons (Fsp3) is 0.941. The van der Waals surface area contributed by atoms with Gasteiger partial charge in [0.25, 0.3) is 0 Å². The molecular weight excluding hydrogens is 262 g/mol. The first-order chi connectivity index (χ1) is 9.97. The van der Waals surface area contributed by atoms with Crippen molar-refractivity contribution in [3.05, 3.63) is 0 Å². The van der Waals surface area contributed by atoms with Crippen LogP contribution in [0.25, 0.3) is 0 Å². The molecule has 2 fully saturated rings. The predicted molar refractivity (Wildman–Crippen MR) is 87.0 cm³/mol. The van der Waals surface area contributed by atoms with Crippen molar-refractivity contribution in [3.8, 4) is 0 Å². The Labute approximate surface area is 130 Å². The van der Waals surface area contributed by atoms with Gasteiger partial charge in [-0.1, -0.05) is 20.8 Å². The smallest absolute Gasteiger partial charge is 0.239 e. The molecule has 1 saturated carbocycles. The molecule has 0 aromatic heterocycles. The molecule has 1 aliphatic carbocycles. The van der Waals surface area contributed by atoms with Crippen molar-refractivity contribution >= 4 is 5.91 Å². The van der Waals surface area contributed by atoms with Crippen LogP contribution in [0.2, 0.25) is 0 Å². The highest BCUT2D eigenvalue weighted by molar-refractivity contribution is 5.81. The van der Waals surface area contributed by atoms with Gasteiger partial charge in [0.05, 0.1) is 6.04 Å². The highest BCUT2D eigenvalue weighted by atomic mass is 16.2. The van der Waals surface area contributed by atoms with E-state index in [1.807, 2.05) is 4.90 Å². The van der Waals surface area contributed by atoms with E-state index >= 15 is 0 Å². The number of amides is 1. The SMILES string of the molecule is CC(C)C[C@H](N)C(=O)N1CCN(C2CCC(C)CC2)CC1. The molecule has 2 rings (SSSR count). The lowest BCUT2D eigenvalue weighted by Gasteiger charge is -2.42. The van der Waals surface area contributed by atoms with Gasteiger partial charge in [-0.05, 0) is 43.9 Å². The highest BCUT2D eigenvalue weighted by Gasteiger charge is 2.30. The highest BCUT2D eigenvalue weighted by Crippen LogP contribution is 2.27. The van der Waals surface area contributed by atoms with Gasteiger partial charge in [-0.3, -0.25) is 9.69 Å². The predicted octanol–water partition coefficient (Wildman–Crippen LogP) is 2.08. The summed E-state index contributed by atoms with van der Waals surface area (Å²) in [5.41, 5.74) is 6.04. The average Bonchev–Trinajstić information content (AvgIpc) is 2.47. The second-order valence-corrected chi connectivity index (χ2v) is 7.51. The van der Waals surface area contributed by atoms with Gasteiger partial charge in [0.1, 0.15) is 0 Å². The van der Waals surface area contributed by atoms with E-state index in [1.54, 1.807) is 0 Å². The fourth-order valence-corrected chi connectivity index (χ4v) is 3.76. The molecule has 0 aromatic carbocycles. The van der Waals surface area contributed by atoms with Crippen LogP contribution >= 0.6 is 0 Å². The monoisotopic (exact) mass is 295 g/mol. The van der Waals surface area contributed by atoms with E-state index in [2.05, 4.69) is 25.7 Å². The Balaban J connectivity index is 1.76. The number of rotatable bonds is 4. The molecule has 1 amide bonds. The van der Waals surface area contributed by atoms with E-state index in [9.17, 15) is 4.79 Å². The molecule has 2 aliphatic rings. The summed E-state index contributed by atoms with van der Waals surface area (Å²) < 4.78 is 0. The molecule has 0 aromatic rings. The van der Waals surface area contributed by atoms with Crippen molar-refractivity contribution in [2.75, 3.05) is 26.2 Å². The second kappa shape index (κ2) is 7.59. The van der Waals surface area contributed by atoms with Crippen LogP contribution in [0, 0.1) is 11.8 Å². The molecule has 1 atom stereocenters. The van der Waals surface area contributed by atoms with Crippen LogP contribution in [0.15, 0.2) is 0 Å². The van der Waals surface area contributed by atoms with E-state index in [0.717, 1.165) is 44.6 Å². The molecule has 1 aliphatic heterocycles. The number of hydrogen-bond donors (Lipinski definition) is 1. The molecule has 122 valence electrons. The fourth-order valence-electron chi connectivity index (χ4n) is 3.76. The standard InChI is InChI=1S/C17H33N3O/c1-13(2)12-16(18)17(21)20-10-8-19(9-11-20)15-6-4-14(3)5-7-15/h13-16H,4-12,18H2,1-3H3/t14?,15?,16-/m0/s1. The van der Waals surface area contributed by atoms with E-state index in [-0.39, 0.29) is 11.9 Å². The van der Waals surface area contributed by atoms with Crippen molar-refractivity contribution in [1.82, 2.24) is 9.80 Å². The maximum Gasteiger partial charge on any atom is 0.239 e. The average molecular weight is 295 g/mol. The number of piperazine rings is 1. The first-order valence-corrected chi connectivity index (χ1v) is 8.75. The summed E-state index contributed by atoms with van der Waals surface area (Å²) in [6.07, 6.45) is 6.19. The minimum Gasteiger partial charge on any atom is -0.339 e. The van der Waals surface area contributed by atoms with Crippen LogP contribution in [0.4, 0.5) is 0 Å². The zero-order chi connectivity index (χ0) is 15.4. The second-order valence-electron chi connectivity index (χ2n) is 7.51. The van der Waals surface area contributed by atoms with Gasteiger partial charge >= 0.3 is 0 Å². The quantitative estimate of drug-likeness (QED) is 0.864. The molecule has 2 N–H and O–H groups in total. The summed E-state index contributed by atoms with van der Waals surface area (Å²) in [7, 11) is 0. The minimum absolute atomic E-state index is 0.153. The maximum absolute atomic E-state index is 12.3. The Kier molecular flexibility index (Phi) is 6.06. The molecule has 21 heavy (non-hydrogen) atoms. The maximum atomic E-state index is 12.3. The van der Waals surface area contributed by atoms with Gasteiger partial charge < -0.3 is 10.6 Å². The first kappa shape index (κ1) is 16.8. The van der Waals surface area contributed by atoms with E-state index in [4.69, 9.17) is 5.73 Å². The first-order valence-electron chi connectivity index (χ1n) is 8.75. The molecule has 4 heteroatoms. The Bertz CT molecular complexity index is 329. The summed E-state index contributed by atoms with van der Waals surface area (Å²) in [5, 5.41) is 0. The van der Waals surface area contributed by atoms with Gasteiger partial charge in [0, 0.05) is 32.2 Å². The van der Waals surface area contributed by atoms with Crippen LogP contribution < -0.4 is 5.73 Å². The molecule has 4 nitrogen and oxygen atoms in total. The molecule has 1 heterocycles. The molecule has 0 bridgehead atoms. The third-order valence-corrected chi connectivity index (χ3v) is 5.17. The van der Waals surface area contributed by atoms with Crippen molar-refractivity contribution in [3.63, 3.8) is 0 Å². The number of hydrogen-bond acceptors (Lipinski definition) is 3. The van der Waals surface area contributed by atoms with E-state index in [0.29, 0.717) is 5.92 Å². The summed E-state index contributed by atoms with van der Waals surface area (Å²) in [5.74, 6) is 1.54. The number of nitrogens with two attached hydrogens (primary N) is 1. The Morgan fingerprint density at radius 1 is 1.10 bits per heavy atom. The van der Waals surface area contributed by atoms with E-state index in [1.165, 1.54) is 25.7 Å². The minimum atomic E-state index is -0.313.